The highest BCUT2D eigenvalue weighted by atomic mass is 127. The average molecular weight is 453 g/mol. The predicted molar refractivity (Wildman–Crippen MR) is 108 cm³/mol. The maximum absolute atomic E-state index is 11.5. The van der Waals surface area contributed by atoms with Gasteiger partial charge in [-0.05, 0) is 19.8 Å². The van der Waals surface area contributed by atoms with Gasteiger partial charge in [0.1, 0.15) is 5.01 Å². The Labute approximate surface area is 160 Å². The molecule has 1 heterocycles. The van der Waals surface area contributed by atoms with Crippen LogP contribution in [0.1, 0.15) is 50.7 Å². The molecule has 3 N–H and O–H groups in total. The van der Waals surface area contributed by atoms with Crippen LogP contribution < -0.4 is 16.0 Å². The van der Waals surface area contributed by atoms with E-state index in [1.807, 2.05) is 13.8 Å². The second-order valence-corrected chi connectivity index (χ2v) is 6.59. The van der Waals surface area contributed by atoms with Crippen LogP contribution in [0.3, 0.4) is 0 Å². The van der Waals surface area contributed by atoms with E-state index in [9.17, 15) is 4.79 Å². The molecule has 0 aliphatic heterocycles. The fourth-order valence-corrected chi connectivity index (χ4v) is 2.64. The Kier molecular flexibility index (Phi) is 11.2. The van der Waals surface area contributed by atoms with Crippen molar-refractivity contribution in [2.45, 2.75) is 52.6 Å². The highest BCUT2D eigenvalue weighted by molar-refractivity contribution is 14.0. The van der Waals surface area contributed by atoms with Gasteiger partial charge in [0.2, 0.25) is 5.91 Å². The van der Waals surface area contributed by atoms with Gasteiger partial charge >= 0.3 is 0 Å². The number of rotatable bonds is 7. The van der Waals surface area contributed by atoms with Crippen LogP contribution in [-0.4, -0.2) is 36.5 Å². The topological polar surface area (TPSA) is 78.4 Å². The third-order valence-electron chi connectivity index (χ3n) is 2.89. The van der Waals surface area contributed by atoms with E-state index in [2.05, 4.69) is 45.2 Å². The minimum atomic E-state index is 0. The van der Waals surface area contributed by atoms with E-state index in [0.29, 0.717) is 31.4 Å². The third-order valence-corrected chi connectivity index (χ3v) is 3.75. The zero-order valence-electron chi connectivity index (χ0n) is 14.5. The molecule has 1 aromatic heterocycles. The Hall–Kier alpha value is -0.900. The molecule has 132 valence electrons. The van der Waals surface area contributed by atoms with E-state index in [1.165, 1.54) is 0 Å². The monoisotopic (exact) mass is 453 g/mol. The molecule has 1 amide bonds. The number of hydrogen-bond donors (Lipinski definition) is 3. The molecule has 0 radical (unpaired) electrons. The van der Waals surface area contributed by atoms with Crippen LogP contribution in [0.4, 0.5) is 0 Å². The van der Waals surface area contributed by atoms with Crippen LogP contribution in [0.5, 0.6) is 0 Å². The lowest BCUT2D eigenvalue weighted by Crippen LogP contribution is -2.39. The number of carbonyl (C=O) groups is 1. The largest absolute Gasteiger partial charge is 0.356 e. The van der Waals surface area contributed by atoms with Crippen molar-refractivity contribution in [1.82, 2.24) is 20.9 Å². The molecular formula is C15H28IN5OS. The van der Waals surface area contributed by atoms with Crippen molar-refractivity contribution in [2.75, 3.05) is 13.6 Å². The number of nitrogens with zero attached hydrogens (tertiary/aromatic N) is 2. The van der Waals surface area contributed by atoms with Gasteiger partial charge in [0.05, 0.1) is 12.2 Å². The standard InChI is InChI=1S/C15H27N5OS.HI/c1-10(2)12-9-22-14(20-12)8-18-15(16-5)17-7-6-13(21)19-11(3)4;/h9-11H,6-8H2,1-5H3,(H,19,21)(H2,16,17,18);1H. The Balaban J connectivity index is 0.00000484. The first-order valence-electron chi connectivity index (χ1n) is 7.60. The smallest absolute Gasteiger partial charge is 0.221 e. The first-order valence-corrected chi connectivity index (χ1v) is 8.48. The quantitative estimate of drug-likeness (QED) is 0.337. The van der Waals surface area contributed by atoms with Crippen LogP contribution in [0.25, 0.3) is 0 Å². The van der Waals surface area contributed by atoms with Gasteiger partial charge in [-0.25, -0.2) is 4.98 Å². The van der Waals surface area contributed by atoms with E-state index >= 15 is 0 Å². The molecule has 0 spiro atoms. The van der Waals surface area contributed by atoms with Crippen molar-refractivity contribution in [3.63, 3.8) is 0 Å². The summed E-state index contributed by atoms with van der Waals surface area (Å²) in [7, 11) is 1.71. The molecular weight excluding hydrogens is 425 g/mol. The van der Waals surface area contributed by atoms with E-state index in [-0.39, 0.29) is 35.9 Å². The van der Waals surface area contributed by atoms with E-state index in [1.54, 1.807) is 18.4 Å². The van der Waals surface area contributed by atoms with Gasteiger partial charge in [-0.1, -0.05) is 13.8 Å². The molecule has 0 aliphatic carbocycles. The van der Waals surface area contributed by atoms with Crippen molar-refractivity contribution < 1.29 is 4.79 Å². The lowest BCUT2D eigenvalue weighted by atomic mass is 10.2. The third kappa shape index (κ3) is 9.09. The molecule has 0 aromatic carbocycles. The number of halogens is 1. The van der Waals surface area contributed by atoms with Gasteiger partial charge in [-0.2, -0.15) is 0 Å². The van der Waals surface area contributed by atoms with Gasteiger partial charge in [0, 0.05) is 31.4 Å². The normalized spacial score (nSPS) is 11.3. The number of hydrogen-bond acceptors (Lipinski definition) is 4. The highest BCUT2D eigenvalue weighted by Crippen LogP contribution is 2.17. The average Bonchev–Trinajstić information content (AvgIpc) is 2.90. The highest BCUT2D eigenvalue weighted by Gasteiger charge is 2.07. The fraction of sp³-hybridized carbons (Fsp3) is 0.667. The summed E-state index contributed by atoms with van der Waals surface area (Å²) >= 11 is 1.65. The second kappa shape index (κ2) is 11.6. The number of nitrogens with one attached hydrogen (secondary N) is 3. The fourth-order valence-electron chi connectivity index (χ4n) is 1.74. The minimum absolute atomic E-state index is 0. The number of guanidine groups is 1. The van der Waals surface area contributed by atoms with E-state index in [0.717, 1.165) is 10.7 Å². The minimum Gasteiger partial charge on any atom is -0.356 e. The van der Waals surface area contributed by atoms with Gasteiger partial charge in [-0.3, -0.25) is 9.79 Å². The molecule has 1 rings (SSSR count). The van der Waals surface area contributed by atoms with Gasteiger partial charge in [0.15, 0.2) is 5.96 Å². The maximum Gasteiger partial charge on any atom is 0.221 e. The molecule has 0 unspecified atom stereocenters. The summed E-state index contributed by atoms with van der Waals surface area (Å²) < 4.78 is 0. The molecule has 1 aromatic rings. The number of carbonyl (C=O) groups excluding carboxylic acids is 1. The van der Waals surface area contributed by atoms with E-state index < -0.39 is 0 Å². The molecule has 23 heavy (non-hydrogen) atoms. The molecule has 8 heteroatoms. The van der Waals surface area contributed by atoms with E-state index in [4.69, 9.17) is 0 Å². The Bertz CT molecular complexity index is 502. The molecule has 0 atom stereocenters. The number of aromatic nitrogens is 1. The van der Waals surface area contributed by atoms with Crippen molar-refractivity contribution in [3.8, 4) is 0 Å². The lowest BCUT2D eigenvalue weighted by Gasteiger charge is -2.12. The second-order valence-electron chi connectivity index (χ2n) is 5.65. The predicted octanol–water partition coefficient (Wildman–Crippen LogP) is 2.46. The first-order chi connectivity index (χ1) is 10.4. The van der Waals surface area contributed by atoms with Gasteiger partial charge < -0.3 is 16.0 Å². The Morgan fingerprint density at radius 1 is 1.30 bits per heavy atom. The van der Waals surface area contributed by atoms with Crippen LogP contribution >= 0.6 is 35.3 Å². The molecule has 0 saturated heterocycles. The van der Waals surface area contributed by atoms with Gasteiger partial charge in [0.25, 0.3) is 0 Å². The zero-order chi connectivity index (χ0) is 16.5. The van der Waals surface area contributed by atoms with Crippen LogP contribution in [0, 0.1) is 0 Å². The number of thiazole rings is 1. The van der Waals surface area contributed by atoms with Crippen LogP contribution in [-0.2, 0) is 11.3 Å². The van der Waals surface area contributed by atoms with Crippen molar-refractivity contribution >= 4 is 47.2 Å². The summed E-state index contributed by atoms with van der Waals surface area (Å²) in [5.41, 5.74) is 1.12. The zero-order valence-corrected chi connectivity index (χ0v) is 17.6. The summed E-state index contributed by atoms with van der Waals surface area (Å²) in [4.78, 5) is 20.3. The Morgan fingerprint density at radius 3 is 2.52 bits per heavy atom. The van der Waals surface area contributed by atoms with Crippen LogP contribution in [0.15, 0.2) is 10.4 Å². The van der Waals surface area contributed by atoms with Crippen LogP contribution in [0.2, 0.25) is 0 Å². The maximum atomic E-state index is 11.5. The first kappa shape index (κ1) is 22.1. The summed E-state index contributed by atoms with van der Waals surface area (Å²) in [6, 6.07) is 0.171. The summed E-state index contributed by atoms with van der Waals surface area (Å²) in [5.74, 6) is 1.17. The number of aliphatic imine (C=N–C) groups is 1. The lowest BCUT2D eigenvalue weighted by molar-refractivity contribution is -0.121. The molecule has 6 nitrogen and oxygen atoms in total. The van der Waals surface area contributed by atoms with Gasteiger partial charge in [-0.15, -0.1) is 35.3 Å². The molecule has 0 aliphatic rings. The molecule has 0 bridgehead atoms. The Morgan fingerprint density at radius 2 is 2.00 bits per heavy atom. The SMILES string of the molecule is CN=C(NCCC(=O)NC(C)C)NCc1nc(C(C)C)cs1.I. The van der Waals surface area contributed by atoms with Crippen molar-refractivity contribution in [1.29, 1.82) is 0 Å². The van der Waals surface area contributed by atoms with Crippen molar-refractivity contribution in [2.24, 2.45) is 4.99 Å². The summed E-state index contributed by atoms with van der Waals surface area (Å²) in [6.45, 7) is 9.35. The summed E-state index contributed by atoms with van der Waals surface area (Å²) in [6.07, 6.45) is 0.424. The summed E-state index contributed by atoms with van der Waals surface area (Å²) in [5, 5.41) is 12.3. The molecule has 0 fully saturated rings. The molecule has 0 saturated carbocycles. The van der Waals surface area contributed by atoms with Crippen molar-refractivity contribution in [3.05, 3.63) is 16.1 Å². The number of amides is 1.